The molecule has 0 bridgehead atoms. The summed E-state index contributed by atoms with van der Waals surface area (Å²) < 4.78 is 21.5. The van der Waals surface area contributed by atoms with Crippen LogP contribution in [0.1, 0.15) is 17.4 Å². The van der Waals surface area contributed by atoms with E-state index in [1.54, 1.807) is 20.3 Å². The molecule has 0 saturated carbocycles. The standard InChI is InChI=1S/C18H21N3O4/c1-12-5-6-14(24-12)10-21(2)11-17-19-18(20-25-17)15-8-7-13(22-3)9-16(15)23-4/h5-9H,10-11H2,1-4H3. The molecule has 25 heavy (non-hydrogen) atoms. The summed E-state index contributed by atoms with van der Waals surface area (Å²) >= 11 is 0. The van der Waals surface area contributed by atoms with Crippen LogP contribution in [0.15, 0.2) is 39.3 Å². The lowest BCUT2D eigenvalue weighted by Gasteiger charge is -2.11. The largest absolute Gasteiger partial charge is 0.497 e. The van der Waals surface area contributed by atoms with Crippen LogP contribution in [0.25, 0.3) is 11.4 Å². The second-order valence-corrected chi connectivity index (χ2v) is 5.76. The summed E-state index contributed by atoms with van der Waals surface area (Å²) in [4.78, 5) is 6.50. The molecule has 132 valence electrons. The van der Waals surface area contributed by atoms with Gasteiger partial charge < -0.3 is 18.4 Å². The van der Waals surface area contributed by atoms with Crippen LogP contribution in [-0.4, -0.2) is 36.3 Å². The molecule has 0 aliphatic rings. The molecule has 0 radical (unpaired) electrons. The molecular formula is C18H21N3O4. The zero-order chi connectivity index (χ0) is 17.8. The number of methoxy groups -OCH3 is 2. The number of aryl methyl sites for hydroxylation is 1. The normalized spacial score (nSPS) is 11.1. The van der Waals surface area contributed by atoms with Crippen molar-refractivity contribution in [1.82, 2.24) is 15.0 Å². The van der Waals surface area contributed by atoms with Crippen LogP contribution in [0.4, 0.5) is 0 Å². The van der Waals surface area contributed by atoms with E-state index in [0.717, 1.165) is 17.1 Å². The highest BCUT2D eigenvalue weighted by molar-refractivity contribution is 5.65. The van der Waals surface area contributed by atoms with Gasteiger partial charge in [-0.15, -0.1) is 0 Å². The van der Waals surface area contributed by atoms with E-state index < -0.39 is 0 Å². The number of rotatable bonds is 7. The molecule has 2 aromatic heterocycles. The smallest absolute Gasteiger partial charge is 0.241 e. The second-order valence-electron chi connectivity index (χ2n) is 5.76. The molecule has 0 aliphatic carbocycles. The molecule has 1 aromatic carbocycles. The summed E-state index contributed by atoms with van der Waals surface area (Å²) in [5, 5.41) is 4.06. The highest BCUT2D eigenvalue weighted by Gasteiger charge is 2.16. The number of furan rings is 1. The van der Waals surface area contributed by atoms with Gasteiger partial charge in [-0.3, -0.25) is 4.90 Å². The van der Waals surface area contributed by atoms with Crippen LogP contribution in [0.3, 0.4) is 0 Å². The van der Waals surface area contributed by atoms with Gasteiger partial charge in [0.2, 0.25) is 11.7 Å². The molecule has 7 nitrogen and oxygen atoms in total. The Morgan fingerprint density at radius 2 is 1.92 bits per heavy atom. The van der Waals surface area contributed by atoms with E-state index in [1.807, 2.05) is 43.1 Å². The van der Waals surface area contributed by atoms with E-state index in [9.17, 15) is 0 Å². The van der Waals surface area contributed by atoms with Crippen molar-refractivity contribution in [2.45, 2.75) is 20.0 Å². The minimum absolute atomic E-state index is 0.483. The lowest BCUT2D eigenvalue weighted by atomic mass is 10.2. The maximum absolute atomic E-state index is 5.58. The lowest BCUT2D eigenvalue weighted by Crippen LogP contribution is -2.17. The quantitative estimate of drug-likeness (QED) is 0.651. The first kappa shape index (κ1) is 17.0. The molecule has 0 atom stereocenters. The van der Waals surface area contributed by atoms with Gasteiger partial charge in [-0.05, 0) is 38.2 Å². The third-order valence-corrected chi connectivity index (χ3v) is 3.74. The molecule has 3 rings (SSSR count). The highest BCUT2D eigenvalue weighted by Crippen LogP contribution is 2.31. The van der Waals surface area contributed by atoms with Crippen molar-refractivity contribution in [3.05, 3.63) is 47.7 Å². The van der Waals surface area contributed by atoms with Crippen molar-refractivity contribution in [2.75, 3.05) is 21.3 Å². The number of ether oxygens (including phenoxy) is 2. The monoisotopic (exact) mass is 343 g/mol. The summed E-state index contributed by atoms with van der Waals surface area (Å²) in [6, 6.07) is 9.38. The Hall–Kier alpha value is -2.80. The SMILES string of the molecule is COc1ccc(-c2noc(CN(C)Cc3ccc(C)o3)n2)c(OC)c1. The zero-order valence-corrected chi connectivity index (χ0v) is 14.8. The van der Waals surface area contributed by atoms with Crippen molar-refractivity contribution < 1.29 is 18.4 Å². The van der Waals surface area contributed by atoms with Gasteiger partial charge in [-0.1, -0.05) is 5.16 Å². The predicted molar refractivity (Wildman–Crippen MR) is 91.5 cm³/mol. The Morgan fingerprint density at radius 1 is 1.08 bits per heavy atom. The molecule has 0 aliphatic heterocycles. The van der Waals surface area contributed by atoms with Gasteiger partial charge in [0.05, 0.1) is 32.9 Å². The molecule has 0 fully saturated rings. The van der Waals surface area contributed by atoms with Gasteiger partial charge in [0.1, 0.15) is 23.0 Å². The molecule has 7 heteroatoms. The minimum atomic E-state index is 0.483. The molecule has 0 unspecified atom stereocenters. The first-order valence-corrected chi connectivity index (χ1v) is 7.88. The Labute approximate surface area is 146 Å². The number of hydrogen-bond donors (Lipinski definition) is 0. The lowest BCUT2D eigenvalue weighted by molar-refractivity contribution is 0.243. The molecule has 2 heterocycles. The molecule has 0 amide bonds. The molecule has 3 aromatic rings. The van der Waals surface area contributed by atoms with Crippen molar-refractivity contribution >= 4 is 0 Å². The van der Waals surface area contributed by atoms with E-state index in [4.69, 9.17) is 18.4 Å². The van der Waals surface area contributed by atoms with Crippen LogP contribution in [-0.2, 0) is 13.1 Å². The van der Waals surface area contributed by atoms with Gasteiger partial charge in [0.15, 0.2) is 0 Å². The van der Waals surface area contributed by atoms with Crippen molar-refractivity contribution in [1.29, 1.82) is 0 Å². The van der Waals surface area contributed by atoms with Crippen LogP contribution < -0.4 is 9.47 Å². The average Bonchev–Trinajstić information content (AvgIpc) is 3.23. The van der Waals surface area contributed by atoms with E-state index in [-0.39, 0.29) is 0 Å². The number of aromatic nitrogens is 2. The average molecular weight is 343 g/mol. The van der Waals surface area contributed by atoms with E-state index in [1.165, 1.54) is 0 Å². The Balaban J connectivity index is 1.72. The Kier molecular flexibility index (Phi) is 5.04. The predicted octanol–water partition coefficient (Wildman–Crippen LogP) is 3.29. The summed E-state index contributed by atoms with van der Waals surface area (Å²) in [6.07, 6.45) is 0. The van der Waals surface area contributed by atoms with Crippen molar-refractivity contribution in [3.8, 4) is 22.9 Å². The number of hydrogen-bond acceptors (Lipinski definition) is 7. The second kappa shape index (κ2) is 7.40. The van der Waals surface area contributed by atoms with Gasteiger partial charge >= 0.3 is 0 Å². The maximum atomic E-state index is 5.58. The molecule has 0 N–H and O–H groups in total. The molecule has 0 spiro atoms. The maximum Gasteiger partial charge on any atom is 0.241 e. The third kappa shape index (κ3) is 4.00. The topological polar surface area (TPSA) is 73.8 Å². The first-order valence-electron chi connectivity index (χ1n) is 7.88. The summed E-state index contributed by atoms with van der Waals surface area (Å²) in [6.45, 7) is 3.11. The van der Waals surface area contributed by atoms with Crippen LogP contribution in [0.5, 0.6) is 11.5 Å². The number of nitrogens with zero attached hydrogens (tertiary/aromatic N) is 3. The van der Waals surface area contributed by atoms with Crippen LogP contribution in [0, 0.1) is 6.92 Å². The Bertz CT molecular complexity index is 840. The van der Waals surface area contributed by atoms with Gasteiger partial charge in [0, 0.05) is 6.07 Å². The number of benzene rings is 1. The third-order valence-electron chi connectivity index (χ3n) is 3.74. The molecule has 0 saturated heterocycles. The highest BCUT2D eigenvalue weighted by atomic mass is 16.5. The van der Waals surface area contributed by atoms with E-state index >= 15 is 0 Å². The summed E-state index contributed by atoms with van der Waals surface area (Å²) in [5.74, 6) is 4.14. The van der Waals surface area contributed by atoms with Gasteiger partial charge in [0.25, 0.3) is 0 Å². The fourth-order valence-corrected chi connectivity index (χ4v) is 2.53. The van der Waals surface area contributed by atoms with Crippen molar-refractivity contribution in [3.63, 3.8) is 0 Å². The van der Waals surface area contributed by atoms with Crippen LogP contribution in [0.2, 0.25) is 0 Å². The van der Waals surface area contributed by atoms with Crippen molar-refractivity contribution in [2.24, 2.45) is 0 Å². The van der Waals surface area contributed by atoms with Crippen LogP contribution >= 0.6 is 0 Å². The van der Waals surface area contributed by atoms with E-state index in [0.29, 0.717) is 36.3 Å². The Morgan fingerprint density at radius 3 is 2.60 bits per heavy atom. The van der Waals surface area contributed by atoms with Gasteiger partial charge in [-0.25, -0.2) is 0 Å². The fourth-order valence-electron chi connectivity index (χ4n) is 2.53. The minimum Gasteiger partial charge on any atom is -0.497 e. The van der Waals surface area contributed by atoms with Gasteiger partial charge in [-0.2, -0.15) is 4.98 Å². The first-order chi connectivity index (χ1) is 12.1. The zero-order valence-electron chi connectivity index (χ0n) is 14.8. The fraction of sp³-hybridized carbons (Fsp3) is 0.333. The summed E-state index contributed by atoms with van der Waals surface area (Å²) in [7, 11) is 5.17. The van der Waals surface area contributed by atoms with E-state index in [2.05, 4.69) is 10.1 Å². The molecular weight excluding hydrogens is 322 g/mol. The summed E-state index contributed by atoms with van der Waals surface area (Å²) in [5.41, 5.74) is 0.752.